The smallest absolute Gasteiger partial charge is 0.264 e. The Morgan fingerprint density at radius 3 is 2.23 bits per heavy atom. The van der Waals surface area contributed by atoms with Crippen molar-refractivity contribution in [2.45, 2.75) is 82.3 Å². The molecule has 230 valence electrons. The Bertz CT molecular complexity index is 1450. The molecule has 8 nitrogen and oxygen atoms in total. The largest absolute Gasteiger partial charge is 0.497 e. The minimum atomic E-state index is -4.10. The standard InChI is InChI=1S/C34H43N3O5S/c1-4-26-19-21-29(22-20-26)37(43(40,41)31-17-10-7-11-18-31)25-33(38)36(24-27-13-12-16-30(23-27)42-3)32(5-2)34(39)35-28-14-8-6-9-15-28/h7,10-13,16-23,28,32H,4-6,8-9,14-15,24-25H2,1-3H3,(H,35,39)/t32-/m1/s1. The van der Waals surface area contributed by atoms with Crippen LogP contribution in [0.5, 0.6) is 5.75 Å². The number of aryl methyl sites for hydroxylation is 1. The van der Waals surface area contributed by atoms with Crippen LogP contribution in [0.25, 0.3) is 0 Å². The summed E-state index contributed by atoms with van der Waals surface area (Å²) in [6.07, 6.45) is 6.31. The van der Waals surface area contributed by atoms with Crippen molar-refractivity contribution in [3.63, 3.8) is 0 Å². The summed E-state index contributed by atoms with van der Waals surface area (Å²) in [4.78, 5) is 29.6. The second-order valence-corrected chi connectivity index (χ2v) is 12.8. The van der Waals surface area contributed by atoms with E-state index in [0.717, 1.165) is 54.0 Å². The van der Waals surface area contributed by atoms with Crippen LogP contribution < -0.4 is 14.4 Å². The molecule has 0 saturated heterocycles. The number of ether oxygens (including phenoxy) is 1. The lowest BCUT2D eigenvalue weighted by atomic mass is 9.95. The predicted octanol–water partition coefficient (Wildman–Crippen LogP) is 5.71. The van der Waals surface area contributed by atoms with E-state index in [2.05, 4.69) is 5.32 Å². The van der Waals surface area contributed by atoms with Gasteiger partial charge in [-0.15, -0.1) is 0 Å². The number of anilines is 1. The fourth-order valence-corrected chi connectivity index (χ4v) is 7.01. The normalized spacial score (nSPS) is 14.5. The summed E-state index contributed by atoms with van der Waals surface area (Å²) in [6.45, 7) is 3.57. The molecule has 1 N–H and O–H groups in total. The molecule has 4 rings (SSSR count). The molecule has 1 saturated carbocycles. The maximum Gasteiger partial charge on any atom is 0.264 e. The molecule has 0 bridgehead atoms. The van der Waals surface area contributed by atoms with Crippen LogP contribution in [-0.4, -0.2) is 50.9 Å². The van der Waals surface area contributed by atoms with E-state index in [0.29, 0.717) is 17.9 Å². The van der Waals surface area contributed by atoms with Gasteiger partial charge in [0.15, 0.2) is 0 Å². The minimum absolute atomic E-state index is 0.0797. The van der Waals surface area contributed by atoms with Crippen LogP contribution >= 0.6 is 0 Å². The number of nitrogens with zero attached hydrogens (tertiary/aromatic N) is 2. The van der Waals surface area contributed by atoms with Gasteiger partial charge in [0.1, 0.15) is 18.3 Å². The molecule has 1 aliphatic rings. The number of amides is 2. The highest BCUT2D eigenvalue weighted by Gasteiger charge is 2.34. The average molecular weight is 606 g/mol. The average Bonchev–Trinajstić information content (AvgIpc) is 3.04. The molecule has 0 radical (unpaired) electrons. The van der Waals surface area contributed by atoms with Crippen molar-refractivity contribution in [3.05, 3.63) is 90.0 Å². The second kappa shape index (κ2) is 15.0. The first-order valence-corrected chi connectivity index (χ1v) is 16.6. The highest BCUT2D eigenvalue weighted by Crippen LogP contribution is 2.26. The zero-order chi connectivity index (χ0) is 30.8. The SMILES string of the molecule is CCc1ccc(N(CC(=O)N(Cc2cccc(OC)c2)[C@H](CC)C(=O)NC2CCCCC2)S(=O)(=O)c2ccccc2)cc1. The number of hydrogen-bond donors (Lipinski definition) is 1. The summed E-state index contributed by atoms with van der Waals surface area (Å²) in [5.74, 6) is -0.0446. The molecule has 0 heterocycles. The van der Waals surface area contributed by atoms with Crippen LogP contribution in [-0.2, 0) is 32.6 Å². The number of carbonyl (C=O) groups excluding carboxylic acids is 2. The van der Waals surface area contributed by atoms with Crippen molar-refractivity contribution in [2.24, 2.45) is 0 Å². The van der Waals surface area contributed by atoms with Gasteiger partial charge < -0.3 is 15.0 Å². The molecule has 43 heavy (non-hydrogen) atoms. The molecule has 0 aliphatic heterocycles. The van der Waals surface area contributed by atoms with Gasteiger partial charge in [-0.3, -0.25) is 13.9 Å². The van der Waals surface area contributed by atoms with Gasteiger partial charge in [0, 0.05) is 12.6 Å². The fourth-order valence-electron chi connectivity index (χ4n) is 5.58. The Morgan fingerprint density at radius 2 is 1.60 bits per heavy atom. The topological polar surface area (TPSA) is 96.0 Å². The van der Waals surface area contributed by atoms with Gasteiger partial charge in [0.25, 0.3) is 10.0 Å². The molecule has 2 amide bonds. The third-order valence-corrected chi connectivity index (χ3v) is 9.86. The van der Waals surface area contributed by atoms with Gasteiger partial charge in [-0.05, 0) is 73.2 Å². The number of nitrogens with one attached hydrogen (secondary N) is 1. The van der Waals surface area contributed by atoms with E-state index < -0.39 is 28.5 Å². The summed E-state index contributed by atoms with van der Waals surface area (Å²) >= 11 is 0. The summed E-state index contributed by atoms with van der Waals surface area (Å²) < 4.78 is 34.5. The highest BCUT2D eigenvalue weighted by molar-refractivity contribution is 7.92. The predicted molar refractivity (Wildman–Crippen MR) is 169 cm³/mol. The number of methoxy groups -OCH3 is 1. The van der Waals surface area contributed by atoms with Crippen LogP contribution in [0.3, 0.4) is 0 Å². The Kier molecular flexibility index (Phi) is 11.2. The van der Waals surface area contributed by atoms with E-state index >= 15 is 0 Å². The fraction of sp³-hybridized carbons (Fsp3) is 0.412. The van der Waals surface area contributed by atoms with Crippen molar-refractivity contribution in [1.29, 1.82) is 0 Å². The minimum Gasteiger partial charge on any atom is -0.497 e. The van der Waals surface area contributed by atoms with E-state index in [1.54, 1.807) is 37.4 Å². The van der Waals surface area contributed by atoms with Crippen molar-refractivity contribution in [2.75, 3.05) is 18.0 Å². The van der Waals surface area contributed by atoms with Crippen molar-refractivity contribution < 1.29 is 22.7 Å². The summed E-state index contributed by atoms with van der Waals surface area (Å²) in [6, 6.07) is 22.0. The monoisotopic (exact) mass is 605 g/mol. The maximum atomic E-state index is 14.3. The number of rotatable bonds is 13. The Balaban J connectivity index is 1.71. The van der Waals surface area contributed by atoms with E-state index in [1.807, 2.05) is 50.2 Å². The van der Waals surface area contributed by atoms with Gasteiger partial charge >= 0.3 is 0 Å². The third kappa shape index (κ3) is 8.16. The lowest BCUT2D eigenvalue weighted by molar-refractivity contribution is -0.140. The van der Waals surface area contributed by atoms with Crippen LogP contribution in [0.15, 0.2) is 83.8 Å². The Labute approximate surface area is 256 Å². The van der Waals surface area contributed by atoms with Crippen LogP contribution in [0.1, 0.15) is 63.5 Å². The van der Waals surface area contributed by atoms with Gasteiger partial charge in [-0.2, -0.15) is 0 Å². The number of hydrogen-bond acceptors (Lipinski definition) is 5. The van der Waals surface area contributed by atoms with Crippen molar-refractivity contribution in [3.8, 4) is 5.75 Å². The van der Waals surface area contributed by atoms with E-state index in [1.165, 1.54) is 17.0 Å². The second-order valence-electron chi connectivity index (χ2n) is 11.0. The molecular weight excluding hydrogens is 562 g/mol. The number of carbonyl (C=O) groups is 2. The first kappa shape index (κ1) is 32.1. The van der Waals surface area contributed by atoms with E-state index in [4.69, 9.17) is 4.74 Å². The van der Waals surface area contributed by atoms with Crippen molar-refractivity contribution in [1.82, 2.24) is 10.2 Å². The molecule has 1 fully saturated rings. The number of benzene rings is 3. The molecule has 0 aromatic heterocycles. The lowest BCUT2D eigenvalue weighted by Crippen LogP contribution is -2.54. The Hall–Kier alpha value is -3.85. The summed E-state index contributed by atoms with van der Waals surface area (Å²) in [7, 11) is -2.52. The van der Waals surface area contributed by atoms with Gasteiger partial charge in [-0.25, -0.2) is 8.42 Å². The Morgan fingerprint density at radius 1 is 0.907 bits per heavy atom. The molecule has 1 aliphatic carbocycles. The van der Waals surface area contributed by atoms with Gasteiger partial charge in [-0.1, -0.05) is 75.6 Å². The first-order valence-electron chi connectivity index (χ1n) is 15.2. The van der Waals surface area contributed by atoms with Crippen LogP contribution in [0.2, 0.25) is 0 Å². The molecule has 3 aromatic carbocycles. The molecule has 1 atom stereocenters. The van der Waals surface area contributed by atoms with Gasteiger partial charge in [0.05, 0.1) is 17.7 Å². The van der Waals surface area contributed by atoms with Crippen LogP contribution in [0.4, 0.5) is 5.69 Å². The zero-order valence-corrected chi connectivity index (χ0v) is 26.2. The molecular formula is C34H43N3O5S. The van der Waals surface area contributed by atoms with E-state index in [9.17, 15) is 18.0 Å². The third-order valence-electron chi connectivity index (χ3n) is 8.07. The zero-order valence-electron chi connectivity index (χ0n) is 25.4. The summed E-state index contributed by atoms with van der Waals surface area (Å²) in [5.41, 5.74) is 2.22. The van der Waals surface area contributed by atoms with Crippen molar-refractivity contribution >= 4 is 27.5 Å². The first-order chi connectivity index (χ1) is 20.8. The van der Waals surface area contributed by atoms with E-state index in [-0.39, 0.29) is 23.4 Å². The molecule has 0 spiro atoms. The maximum absolute atomic E-state index is 14.3. The number of sulfonamides is 1. The van der Waals surface area contributed by atoms with Gasteiger partial charge in [0.2, 0.25) is 11.8 Å². The molecule has 3 aromatic rings. The van der Waals surface area contributed by atoms with Crippen LogP contribution in [0, 0.1) is 0 Å². The molecule has 9 heteroatoms. The summed E-state index contributed by atoms with van der Waals surface area (Å²) in [5, 5.41) is 3.18. The lowest BCUT2D eigenvalue weighted by Gasteiger charge is -2.34. The highest BCUT2D eigenvalue weighted by atomic mass is 32.2. The quantitative estimate of drug-likeness (QED) is 0.269. The molecule has 0 unspecified atom stereocenters.